The maximum absolute atomic E-state index is 5.93. The van der Waals surface area contributed by atoms with Crippen LogP contribution in [0, 0.1) is 12.8 Å². The summed E-state index contributed by atoms with van der Waals surface area (Å²) in [5.74, 6) is 1.86. The smallest absolute Gasteiger partial charge is 0.122 e. The van der Waals surface area contributed by atoms with Gasteiger partial charge in [-0.05, 0) is 50.3 Å². The Morgan fingerprint density at radius 1 is 1.35 bits per heavy atom. The zero-order valence-electron chi connectivity index (χ0n) is 10.9. The Bertz CT molecular complexity index is 347. The highest BCUT2D eigenvalue weighted by molar-refractivity contribution is 5.31. The quantitative estimate of drug-likeness (QED) is 0.781. The van der Waals surface area contributed by atoms with Gasteiger partial charge >= 0.3 is 0 Å². The van der Waals surface area contributed by atoms with Crippen molar-refractivity contribution in [3.05, 3.63) is 29.8 Å². The summed E-state index contributed by atoms with van der Waals surface area (Å²) >= 11 is 0. The Balaban J connectivity index is 1.84. The van der Waals surface area contributed by atoms with E-state index < -0.39 is 0 Å². The van der Waals surface area contributed by atoms with Crippen LogP contribution in [0.4, 0.5) is 0 Å². The van der Waals surface area contributed by atoms with Gasteiger partial charge in [-0.15, -0.1) is 0 Å². The van der Waals surface area contributed by atoms with Gasteiger partial charge in [0.05, 0.1) is 0 Å². The third kappa shape index (κ3) is 3.74. The van der Waals surface area contributed by atoms with E-state index in [0.29, 0.717) is 6.04 Å². The standard InChI is InChI=1S/C15H23NO/c1-3-10-16-14(13-8-9-13)11-17-15-7-5-4-6-12(15)2/h4-7,13-14,16H,3,8-11H2,1-2H3. The number of aryl methyl sites for hydroxylation is 1. The fraction of sp³-hybridized carbons (Fsp3) is 0.600. The zero-order valence-corrected chi connectivity index (χ0v) is 10.9. The van der Waals surface area contributed by atoms with Crippen LogP contribution in [0.1, 0.15) is 31.7 Å². The predicted octanol–water partition coefficient (Wildman–Crippen LogP) is 3.15. The Morgan fingerprint density at radius 2 is 2.12 bits per heavy atom. The Hall–Kier alpha value is -1.02. The second-order valence-electron chi connectivity index (χ2n) is 4.97. The third-order valence-electron chi connectivity index (χ3n) is 3.36. The average Bonchev–Trinajstić information content (AvgIpc) is 3.15. The van der Waals surface area contributed by atoms with Gasteiger partial charge in [-0.1, -0.05) is 25.1 Å². The molecule has 1 aromatic rings. The van der Waals surface area contributed by atoms with Crippen LogP contribution >= 0.6 is 0 Å². The molecular formula is C15H23NO. The lowest BCUT2D eigenvalue weighted by Gasteiger charge is -2.19. The van der Waals surface area contributed by atoms with Crippen molar-refractivity contribution in [2.75, 3.05) is 13.2 Å². The summed E-state index contributed by atoms with van der Waals surface area (Å²) in [6.07, 6.45) is 3.91. The molecule has 1 aliphatic carbocycles. The minimum absolute atomic E-state index is 0.537. The predicted molar refractivity (Wildman–Crippen MR) is 71.5 cm³/mol. The second-order valence-corrected chi connectivity index (χ2v) is 4.97. The van der Waals surface area contributed by atoms with E-state index in [9.17, 15) is 0 Å². The van der Waals surface area contributed by atoms with Crippen LogP contribution in [-0.4, -0.2) is 19.2 Å². The molecule has 2 nitrogen and oxygen atoms in total. The second kappa shape index (κ2) is 6.06. The summed E-state index contributed by atoms with van der Waals surface area (Å²) in [6.45, 7) is 6.20. The maximum atomic E-state index is 5.93. The van der Waals surface area contributed by atoms with Crippen molar-refractivity contribution in [1.82, 2.24) is 5.32 Å². The van der Waals surface area contributed by atoms with E-state index in [-0.39, 0.29) is 0 Å². The van der Waals surface area contributed by atoms with Crippen LogP contribution in [0.3, 0.4) is 0 Å². The molecule has 0 bridgehead atoms. The fourth-order valence-electron chi connectivity index (χ4n) is 2.09. The molecule has 2 rings (SSSR count). The molecule has 2 heteroatoms. The maximum Gasteiger partial charge on any atom is 0.122 e. The lowest BCUT2D eigenvalue weighted by atomic mass is 10.2. The highest BCUT2D eigenvalue weighted by Crippen LogP contribution is 2.33. The van der Waals surface area contributed by atoms with Crippen molar-refractivity contribution in [3.8, 4) is 5.75 Å². The van der Waals surface area contributed by atoms with E-state index in [2.05, 4.69) is 37.4 Å². The van der Waals surface area contributed by atoms with Crippen LogP contribution in [0.2, 0.25) is 0 Å². The number of nitrogens with one attached hydrogen (secondary N) is 1. The van der Waals surface area contributed by atoms with Gasteiger partial charge in [-0.2, -0.15) is 0 Å². The topological polar surface area (TPSA) is 21.3 Å². The molecule has 0 amide bonds. The van der Waals surface area contributed by atoms with Gasteiger partial charge in [0.1, 0.15) is 12.4 Å². The van der Waals surface area contributed by atoms with Gasteiger partial charge in [0, 0.05) is 6.04 Å². The number of ether oxygens (including phenoxy) is 1. The highest BCUT2D eigenvalue weighted by Gasteiger charge is 2.31. The number of hydrogen-bond donors (Lipinski definition) is 1. The molecule has 94 valence electrons. The molecule has 1 atom stereocenters. The Labute approximate surface area is 104 Å². The first-order chi connectivity index (χ1) is 8.31. The highest BCUT2D eigenvalue weighted by atomic mass is 16.5. The van der Waals surface area contributed by atoms with Crippen LogP contribution in [0.15, 0.2) is 24.3 Å². The molecule has 0 aromatic heterocycles. The minimum Gasteiger partial charge on any atom is -0.492 e. The van der Waals surface area contributed by atoms with Gasteiger partial charge in [0.15, 0.2) is 0 Å². The van der Waals surface area contributed by atoms with E-state index in [1.165, 1.54) is 24.8 Å². The molecule has 0 heterocycles. The van der Waals surface area contributed by atoms with E-state index in [0.717, 1.165) is 24.8 Å². The lowest BCUT2D eigenvalue weighted by molar-refractivity contribution is 0.248. The molecule has 17 heavy (non-hydrogen) atoms. The van der Waals surface area contributed by atoms with Crippen molar-refractivity contribution >= 4 is 0 Å². The SMILES string of the molecule is CCCNC(COc1ccccc1C)C1CC1. The summed E-state index contributed by atoms with van der Waals surface area (Å²) in [5, 5.41) is 3.60. The summed E-state index contributed by atoms with van der Waals surface area (Å²) in [6, 6.07) is 8.78. The number of benzene rings is 1. The van der Waals surface area contributed by atoms with Gasteiger partial charge < -0.3 is 10.1 Å². The molecule has 1 saturated carbocycles. The van der Waals surface area contributed by atoms with Crippen molar-refractivity contribution in [2.45, 2.75) is 39.2 Å². The lowest BCUT2D eigenvalue weighted by Crippen LogP contribution is -2.37. The van der Waals surface area contributed by atoms with Crippen molar-refractivity contribution in [1.29, 1.82) is 0 Å². The molecule has 1 N–H and O–H groups in total. The van der Waals surface area contributed by atoms with Crippen molar-refractivity contribution in [3.63, 3.8) is 0 Å². The summed E-state index contributed by atoms with van der Waals surface area (Å²) in [5.41, 5.74) is 1.22. The molecule has 1 aromatic carbocycles. The first-order valence-corrected chi connectivity index (χ1v) is 6.73. The summed E-state index contributed by atoms with van der Waals surface area (Å²) < 4.78 is 5.93. The van der Waals surface area contributed by atoms with Gasteiger partial charge in [-0.25, -0.2) is 0 Å². The molecule has 0 spiro atoms. The normalized spacial score (nSPS) is 16.8. The third-order valence-corrected chi connectivity index (χ3v) is 3.36. The van der Waals surface area contributed by atoms with Crippen molar-refractivity contribution in [2.24, 2.45) is 5.92 Å². The van der Waals surface area contributed by atoms with Gasteiger partial charge in [-0.3, -0.25) is 0 Å². The summed E-state index contributed by atoms with van der Waals surface area (Å²) in [4.78, 5) is 0. The first kappa shape index (κ1) is 12.4. The largest absolute Gasteiger partial charge is 0.492 e. The van der Waals surface area contributed by atoms with Crippen LogP contribution < -0.4 is 10.1 Å². The number of para-hydroxylation sites is 1. The molecule has 1 fully saturated rings. The molecule has 0 aliphatic heterocycles. The van der Waals surface area contributed by atoms with Crippen molar-refractivity contribution < 1.29 is 4.74 Å². The zero-order chi connectivity index (χ0) is 12.1. The van der Waals surface area contributed by atoms with Gasteiger partial charge in [0.25, 0.3) is 0 Å². The van der Waals surface area contributed by atoms with E-state index in [1.54, 1.807) is 0 Å². The van der Waals surface area contributed by atoms with Gasteiger partial charge in [0.2, 0.25) is 0 Å². The number of hydrogen-bond acceptors (Lipinski definition) is 2. The average molecular weight is 233 g/mol. The monoisotopic (exact) mass is 233 g/mol. The molecule has 0 radical (unpaired) electrons. The molecule has 1 aliphatic rings. The molecular weight excluding hydrogens is 210 g/mol. The first-order valence-electron chi connectivity index (χ1n) is 6.73. The minimum atomic E-state index is 0.537. The van der Waals surface area contributed by atoms with Crippen LogP contribution in [0.5, 0.6) is 5.75 Å². The summed E-state index contributed by atoms with van der Waals surface area (Å²) in [7, 11) is 0. The molecule has 1 unspecified atom stereocenters. The Kier molecular flexibility index (Phi) is 4.43. The van der Waals surface area contributed by atoms with Crippen LogP contribution in [0.25, 0.3) is 0 Å². The molecule has 0 saturated heterocycles. The van der Waals surface area contributed by atoms with E-state index in [1.807, 2.05) is 6.07 Å². The number of rotatable bonds is 7. The van der Waals surface area contributed by atoms with E-state index >= 15 is 0 Å². The Morgan fingerprint density at radius 3 is 2.76 bits per heavy atom. The van der Waals surface area contributed by atoms with E-state index in [4.69, 9.17) is 4.74 Å². The fourth-order valence-corrected chi connectivity index (χ4v) is 2.09. The van der Waals surface area contributed by atoms with Crippen LogP contribution in [-0.2, 0) is 0 Å².